The van der Waals surface area contributed by atoms with Gasteiger partial charge in [-0.15, -0.1) is 0 Å². The lowest BCUT2D eigenvalue weighted by molar-refractivity contribution is -0.738. The van der Waals surface area contributed by atoms with Crippen molar-refractivity contribution in [3.63, 3.8) is 0 Å². The number of hydrogen-bond acceptors (Lipinski definition) is 9. The lowest BCUT2D eigenvalue weighted by Gasteiger charge is -2.17. The van der Waals surface area contributed by atoms with Crippen molar-refractivity contribution in [3.05, 3.63) is 53.7 Å². The number of alkyl halides is 3. The van der Waals surface area contributed by atoms with Gasteiger partial charge in [-0.2, -0.15) is 13.2 Å². The van der Waals surface area contributed by atoms with E-state index in [1.54, 1.807) is 36.9 Å². The van der Waals surface area contributed by atoms with Crippen LogP contribution in [0.1, 0.15) is 16.6 Å². The van der Waals surface area contributed by atoms with E-state index in [1.807, 2.05) is 10.6 Å². The third kappa shape index (κ3) is 7.02. The van der Waals surface area contributed by atoms with Gasteiger partial charge in [0, 0.05) is 0 Å². The van der Waals surface area contributed by atoms with E-state index in [-0.39, 0.29) is 6.61 Å². The third-order valence-electron chi connectivity index (χ3n) is 4.89. The van der Waals surface area contributed by atoms with Gasteiger partial charge in [0.25, 0.3) is 0 Å². The summed E-state index contributed by atoms with van der Waals surface area (Å²) < 4.78 is 79.9. The molecule has 0 saturated carbocycles. The highest BCUT2D eigenvalue weighted by Gasteiger charge is 2.37. The second-order valence-electron chi connectivity index (χ2n) is 8.62. The summed E-state index contributed by atoms with van der Waals surface area (Å²) in [6.07, 6.45) is 2.36. The van der Waals surface area contributed by atoms with Gasteiger partial charge in [-0.3, -0.25) is 4.23 Å². The highest BCUT2D eigenvalue weighted by atomic mass is 35.5. The predicted octanol–water partition coefficient (Wildman–Crippen LogP) is 2.84. The van der Waals surface area contributed by atoms with Gasteiger partial charge in [0.05, 0.1) is 5.56 Å². The third-order valence-corrected chi connectivity index (χ3v) is 7.50. The van der Waals surface area contributed by atoms with Crippen LogP contribution in [0.2, 0.25) is 24.8 Å². The summed E-state index contributed by atoms with van der Waals surface area (Å²) in [6, 6.07) is 8.81. The van der Waals surface area contributed by atoms with Gasteiger partial charge in [0.2, 0.25) is 31.6 Å². The number of benzene rings is 1. The first kappa shape index (κ1) is 28.9. The molecule has 1 fully saturated rings. The van der Waals surface area contributed by atoms with E-state index in [9.17, 15) is 18.0 Å². The fourth-order valence-electron chi connectivity index (χ4n) is 3.14. The van der Waals surface area contributed by atoms with E-state index < -0.39 is 42.3 Å². The molecule has 3 heterocycles. The molecule has 0 amide bonds. The van der Waals surface area contributed by atoms with Crippen LogP contribution >= 0.6 is 11.6 Å². The number of nitrogens with zero attached hydrogens (tertiary/aromatic N) is 4. The van der Waals surface area contributed by atoms with Crippen molar-refractivity contribution < 1.29 is 49.7 Å². The molecule has 3 aromatic rings. The van der Waals surface area contributed by atoms with Gasteiger partial charge < -0.3 is 18.8 Å². The molecule has 2 aromatic heterocycles. The molecule has 37 heavy (non-hydrogen) atoms. The van der Waals surface area contributed by atoms with E-state index in [2.05, 4.69) is 33.8 Å². The lowest BCUT2D eigenvalue weighted by atomic mass is 10.2. The molecule has 1 aliphatic heterocycles. The Kier molecular flexibility index (Phi) is 8.60. The molecule has 17 heteroatoms. The van der Waals surface area contributed by atoms with Crippen LogP contribution in [0.4, 0.5) is 13.2 Å². The van der Waals surface area contributed by atoms with Crippen LogP contribution in [0.3, 0.4) is 0 Å². The number of esters is 1. The Labute approximate surface area is 215 Å². The molecule has 0 N–H and O–H groups in total. The van der Waals surface area contributed by atoms with Gasteiger partial charge in [0.1, 0.15) is 19.5 Å². The number of halogens is 4. The Bertz CT molecular complexity index is 1370. The van der Waals surface area contributed by atoms with Crippen LogP contribution in [0.25, 0.3) is 11.2 Å². The highest BCUT2D eigenvalue weighted by molar-refractivity contribution is 7.86. The maximum Gasteiger partial charge on any atom is 0.485 e. The number of carbonyl (C=O) groups is 1. The number of hydrogen-bond donors (Lipinski definition) is 0. The van der Waals surface area contributed by atoms with E-state index in [1.165, 1.54) is 0 Å². The first-order valence-electron chi connectivity index (χ1n) is 10.5. The van der Waals surface area contributed by atoms with Crippen molar-refractivity contribution in [2.24, 2.45) is 0 Å². The van der Waals surface area contributed by atoms with Gasteiger partial charge in [-0.1, -0.05) is 23.2 Å². The summed E-state index contributed by atoms with van der Waals surface area (Å²) in [5, 5.41) is 0.348. The zero-order valence-electron chi connectivity index (χ0n) is 19.7. The summed E-state index contributed by atoms with van der Waals surface area (Å²) in [5.41, 5.74) is -3.69. The second-order valence-corrected chi connectivity index (χ2v) is 15.2. The topological polar surface area (TPSA) is 137 Å². The SMILES string of the molecule is C[Si](C)(C)n1cnc2c(Cl)nc[n+]([C@H]3CO[C@H](COC(=O)c4ccccc4)O3)c21.O=S(=O)([O-])C(F)(F)F. The molecule has 11 nitrogen and oxygen atoms in total. The minimum absolute atomic E-state index is 0.00221. The molecular formula is C20H22ClF3N4O7SSi. The maximum atomic E-state index is 12.1. The number of aromatic nitrogens is 4. The normalized spacial score (nSPS) is 18.4. The monoisotopic (exact) mass is 582 g/mol. The molecule has 202 valence electrons. The fraction of sp³-hybridized carbons (Fsp3) is 0.400. The van der Waals surface area contributed by atoms with E-state index >= 15 is 0 Å². The Hall–Kier alpha value is -2.63. The lowest BCUT2D eigenvalue weighted by Crippen LogP contribution is -2.46. The standard InChI is InChI=1S/C19H22ClN4O4Si.CHF3O3S/c1-29(2,3)24-12-21-16-17(20)22-11-23(18(16)24)14-9-26-15(28-14)10-27-19(25)13-7-5-4-6-8-13;2-1(3,4)8(5,6)7/h4-8,11-12,14-15H,9-10H2,1-3H3;(H,5,6,7)/q+1;/p-1/t14-,15+;/m1./s1. The van der Waals surface area contributed by atoms with Crippen LogP contribution in [0.5, 0.6) is 0 Å². The van der Waals surface area contributed by atoms with Crippen LogP contribution < -0.4 is 4.57 Å². The largest absolute Gasteiger partial charge is 0.741 e. The number of rotatable bonds is 5. The first-order valence-corrected chi connectivity index (χ1v) is 15.8. The van der Waals surface area contributed by atoms with Gasteiger partial charge in [-0.25, -0.2) is 22.8 Å². The summed E-state index contributed by atoms with van der Waals surface area (Å²) in [7, 11) is -7.84. The minimum atomic E-state index is -6.09. The maximum absolute atomic E-state index is 12.1. The zero-order valence-corrected chi connectivity index (χ0v) is 22.2. The summed E-state index contributed by atoms with van der Waals surface area (Å²) in [4.78, 5) is 20.8. The molecule has 1 aromatic carbocycles. The summed E-state index contributed by atoms with van der Waals surface area (Å²) in [6.45, 7) is 6.94. The van der Waals surface area contributed by atoms with Crippen molar-refractivity contribution in [2.75, 3.05) is 13.2 Å². The van der Waals surface area contributed by atoms with Crippen molar-refractivity contribution >= 4 is 47.1 Å². The first-order chi connectivity index (χ1) is 17.1. The summed E-state index contributed by atoms with van der Waals surface area (Å²) >= 11 is 6.26. The molecule has 0 radical (unpaired) electrons. The van der Waals surface area contributed by atoms with Crippen molar-refractivity contribution in [1.29, 1.82) is 0 Å². The Morgan fingerprint density at radius 3 is 2.46 bits per heavy atom. The van der Waals surface area contributed by atoms with Crippen molar-refractivity contribution in [1.82, 2.24) is 14.2 Å². The zero-order chi connectivity index (χ0) is 27.6. The van der Waals surface area contributed by atoms with Crippen molar-refractivity contribution in [2.45, 2.75) is 37.7 Å². The van der Waals surface area contributed by atoms with Gasteiger partial charge in [-0.05, 0) is 43.4 Å². The van der Waals surface area contributed by atoms with Gasteiger partial charge >= 0.3 is 11.5 Å². The molecule has 0 spiro atoms. The van der Waals surface area contributed by atoms with E-state index in [0.29, 0.717) is 22.8 Å². The smallest absolute Gasteiger partial charge is 0.485 e. The Morgan fingerprint density at radius 1 is 1.27 bits per heavy atom. The second kappa shape index (κ2) is 11.0. The number of imidazole rings is 1. The van der Waals surface area contributed by atoms with Crippen molar-refractivity contribution in [3.8, 4) is 0 Å². The predicted molar refractivity (Wildman–Crippen MR) is 124 cm³/mol. The average molecular weight is 583 g/mol. The molecule has 0 unspecified atom stereocenters. The molecule has 2 atom stereocenters. The van der Waals surface area contributed by atoms with E-state index in [0.717, 1.165) is 5.65 Å². The number of ether oxygens (including phenoxy) is 3. The quantitative estimate of drug-likeness (QED) is 0.111. The fourth-order valence-corrected chi connectivity index (χ4v) is 4.58. The van der Waals surface area contributed by atoms with Crippen LogP contribution in [-0.2, 0) is 24.3 Å². The van der Waals surface area contributed by atoms with Crippen LogP contribution in [0.15, 0.2) is 43.0 Å². The Morgan fingerprint density at radius 2 is 1.89 bits per heavy atom. The molecule has 1 aliphatic rings. The number of fused-ring (bicyclic) bond motifs is 1. The molecule has 0 bridgehead atoms. The molecule has 4 rings (SSSR count). The Balaban J connectivity index is 0.000000414. The van der Waals surface area contributed by atoms with Crippen LogP contribution in [-0.4, -0.2) is 66.4 Å². The summed E-state index contributed by atoms with van der Waals surface area (Å²) in [5.74, 6) is -0.415. The van der Waals surface area contributed by atoms with Gasteiger partial charge in [0.15, 0.2) is 21.9 Å². The molecule has 1 saturated heterocycles. The number of carbonyl (C=O) groups excluding carboxylic acids is 1. The molecular weight excluding hydrogens is 561 g/mol. The average Bonchev–Trinajstić information content (AvgIpc) is 3.45. The van der Waals surface area contributed by atoms with Crippen LogP contribution in [0, 0.1) is 0 Å². The highest BCUT2D eigenvalue weighted by Crippen LogP contribution is 2.24. The van der Waals surface area contributed by atoms with E-state index in [4.69, 9.17) is 38.8 Å². The molecule has 0 aliphatic carbocycles. The minimum Gasteiger partial charge on any atom is -0.741 e.